The molecule has 12 heteroatoms. The van der Waals surface area contributed by atoms with Crippen molar-refractivity contribution in [3.63, 3.8) is 0 Å². The zero-order valence-corrected chi connectivity index (χ0v) is 20.8. The molecule has 5 rings (SSSR count). The van der Waals surface area contributed by atoms with Gasteiger partial charge < -0.3 is 5.32 Å². The summed E-state index contributed by atoms with van der Waals surface area (Å²) in [6, 6.07) is 16.8. The van der Waals surface area contributed by atoms with Gasteiger partial charge in [0.05, 0.1) is 11.4 Å². The molecular formula is C26H21N7O4S. The van der Waals surface area contributed by atoms with Crippen LogP contribution in [0.4, 0.5) is 5.82 Å². The molecule has 0 saturated carbocycles. The Morgan fingerprint density at radius 3 is 2.61 bits per heavy atom. The maximum atomic E-state index is 13.8. The Morgan fingerprint density at radius 1 is 1.13 bits per heavy atom. The fourth-order valence-electron chi connectivity index (χ4n) is 4.31. The molecule has 0 radical (unpaired) electrons. The maximum Gasteiger partial charge on any atom is 0.297 e. The second kappa shape index (κ2) is 9.47. The molecule has 1 atom stereocenters. The largest absolute Gasteiger partial charge is 0.344 e. The van der Waals surface area contributed by atoms with Crippen LogP contribution in [0.5, 0.6) is 0 Å². The topological polar surface area (TPSA) is 153 Å². The molecule has 0 aliphatic carbocycles. The van der Waals surface area contributed by atoms with Crippen LogP contribution >= 0.6 is 0 Å². The lowest BCUT2D eigenvalue weighted by Crippen LogP contribution is -2.33. The highest BCUT2D eigenvalue weighted by molar-refractivity contribution is 7.90. The van der Waals surface area contributed by atoms with Crippen molar-refractivity contribution in [2.24, 2.45) is 5.14 Å². The molecule has 2 aromatic carbocycles. The molecule has 0 saturated heterocycles. The van der Waals surface area contributed by atoms with Crippen LogP contribution in [0.3, 0.4) is 0 Å². The fraction of sp³-hybridized carbons (Fsp3) is 0.0769. The second-order valence-corrected chi connectivity index (χ2v) is 9.71. The number of nitrogens with two attached hydrogens (primary N) is 1. The van der Waals surface area contributed by atoms with Crippen molar-refractivity contribution in [1.82, 2.24) is 24.5 Å². The summed E-state index contributed by atoms with van der Waals surface area (Å²) in [4.78, 5) is 31.4. The van der Waals surface area contributed by atoms with Crippen molar-refractivity contribution >= 4 is 38.4 Å². The predicted molar refractivity (Wildman–Crippen MR) is 143 cm³/mol. The molecule has 38 heavy (non-hydrogen) atoms. The minimum Gasteiger partial charge on any atom is -0.344 e. The third kappa shape index (κ3) is 4.47. The summed E-state index contributed by atoms with van der Waals surface area (Å²) in [5.41, 5.74) is 1.15. The van der Waals surface area contributed by atoms with Crippen molar-refractivity contribution in [3.05, 3.63) is 100 Å². The van der Waals surface area contributed by atoms with E-state index >= 15 is 0 Å². The van der Waals surface area contributed by atoms with Gasteiger partial charge in [-0.2, -0.15) is 8.42 Å². The van der Waals surface area contributed by atoms with Crippen molar-refractivity contribution in [2.45, 2.75) is 13.0 Å². The fourth-order valence-corrected chi connectivity index (χ4v) is 4.72. The number of hydrogen-bond donors (Lipinski definition) is 3. The number of fused-ring (bicyclic) bond motifs is 2. The summed E-state index contributed by atoms with van der Waals surface area (Å²) in [6.45, 7) is 1.70. The summed E-state index contributed by atoms with van der Waals surface area (Å²) < 4.78 is 28.3. The number of aromatic nitrogens is 4. The Morgan fingerprint density at radius 2 is 1.89 bits per heavy atom. The predicted octanol–water partition coefficient (Wildman–Crippen LogP) is 2.12. The van der Waals surface area contributed by atoms with Crippen LogP contribution in [0.2, 0.25) is 0 Å². The molecule has 190 valence electrons. The Labute approximate surface area is 217 Å². The lowest BCUT2D eigenvalue weighted by molar-refractivity contribution is 0.0941. The highest BCUT2D eigenvalue weighted by Gasteiger charge is 2.26. The molecule has 3 aromatic heterocycles. The van der Waals surface area contributed by atoms with Gasteiger partial charge in [-0.15, -0.1) is 11.5 Å². The standard InChI is InChI=1S/C26H21N7O4S/c1-3-17-9-7-10-18-15-20(33(26(35)21(17)18)19-11-5-4-6-12-19)16(2)29-25(34)22-23(31-38(27,36)37)30-32-14-8-13-28-24(22)32/h1,4-16H,2H3,(H,29,34)(H,30,31)(H2,27,36,37)/t16-/m1/s1. The van der Waals surface area contributed by atoms with E-state index in [1.54, 1.807) is 61.5 Å². The van der Waals surface area contributed by atoms with E-state index in [4.69, 9.17) is 11.6 Å². The highest BCUT2D eigenvalue weighted by Crippen LogP contribution is 2.25. The Hall–Kier alpha value is -4.99. The first-order valence-corrected chi connectivity index (χ1v) is 12.9. The maximum absolute atomic E-state index is 13.8. The second-order valence-electron chi connectivity index (χ2n) is 8.41. The van der Waals surface area contributed by atoms with Crippen LogP contribution in [0.25, 0.3) is 22.1 Å². The van der Waals surface area contributed by atoms with Crippen molar-refractivity contribution in [1.29, 1.82) is 0 Å². The summed E-state index contributed by atoms with van der Waals surface area (Å²) in [5, 5.41) is 13.1. The van der Waals surface area contributed by atoms with E-state index in [-0.39, 0.29) is 22.6 Å². The Balaban J connectivity index is 1.65. The number of hydrogen-bond acceptors (Lipinski definition) is 6. The minimum atomic E-state index is -4.24. The van der Waals surface area contributed by atoms with Gasteiger partial charge in [0.1, 0.15) is 5.56 Å². The zero-order chi connectivity index (χ0) is 27.0. The number of terminal acetylenes is 1. The Kier molecular flexibility index (Phi) is 6.15. The van der Waals surface area contributed by atoms with Gasteiger partial charge in [0.25, 0.3) is 21.7 Å². The molecule has 0 fully saturated rings. The molecule has 11 nitrogen and oxygen atoms in total. The van der Waals surface area contributed by atoms with E-state index in [1.807, 2.05) is 6.07 Å². The first-order chi connectivity index (χ1) is 18.2. The van der Waals surface area contributed by atoms with Gasteiger partial charge in [0.15, 0.2) is 11.5 Å². The van der Waals surface area contributed by atoms with E-state index in [1.165, 1.54) is 21.5 Å². The van der Waals surface area contributed by atoms with E-state index in [9.17, 15) is 18.0 Å². The zero-order valence-electron chi connectivity index (χ0n) is 20.0. The number of carbonyl (C=O) groups is 1. The molecule has 1 amide bonds. The van der Waals surface area contributed by atoms with Crippen LogP contribution in [0.1, 0.15) is 34.6 Å². The summed E-state index contributed by atoms with van der Waals surface area (Å²) >= 11 is 0. The third-order valence-corrected chi connectivity index (χ3v) is 6.38. The number of benzene rings is 2. The molecule has 0 aliphatic rings. The average Bonchev–Trinajstić information content (AvgIpc) is 3.24. The molecule has 0 unspecified atom stereocenters. The van der Waals surface area contributed by atoms with Gasteiger partial charge in [0, 0.05) is 29.3 Å². The molecule has 0 aliphatic heterocycles. The van der Waals surface area contributed by atoms with E-state index in [0.29, 0.717) is 27.7 Å². The normalized spacial score (nSPS) is 12.2. The Bertz CT molecular complexity index is 1920. The monoisotopic (exact) mass is 527 g/mol. The van der Waals surface area contributed by atoms with Gasteiger partial charge in [-0.05, 0) is 42.6 Å². The van der Waals surface area contributed by atoms with Crippen molar-refractivity contribution in [3.8, 4) is 18.0 Å². The molecule has 0 spiro atoms. The number of pyridine rings is 1. The summed E-state index contributed by atoms with van der Waals surface area (Å²) in [7, 11) is -4.24. The van der Waals surface area contributed by atoms with Gasteiger partial charge >= 0.3 is 0 Å². The van der Waals surface area contributed by atoms with Crippen LogP contribution in [-0.4, -0.2) is 33.5 Å². The summed E-state index contributed by atoms with van der Waals surface area (Å²) in [6.07, 6.45) is 8.62. The van der Waals surface area contributed by atoms with E-state index in [2.05, 4.69) is 26.0 Å². The van der Waals surface area contributed by atoms with Crippen LogP contribution in [0, 0.1) is 12.3 Å². The van der Waals surface area contributed by atoms with Crippen LogP contribution < -0.4 is 20.7 Å². The molecule has 4 N–H and O–H groups in total. The van der Waals surface area contributed by atoms with Crippen molar-refractivity contribution < 1.29 is 13.2 Å². The number of amides is 1. The SMILES string of the molecule is C#Cc1cccc2cc([C@@H](C)NC(=O)c3c(NS(N)(=O)=O)nn4cccnc34)n(-c3ccccc3)c(=O)c12. The quantitative estimate of drug-likeness (QED) is 0.288. The smallest absolute Gasteiger partial charge is 0.297 e. The molecule has 5 aromatic rings. The van der Waals surface area contributed by atoms with Gasteiger partial charge in [0.2, 0.25) is 0 Å². The number of nitrogens with zero attached hydrogens (tertiary/aromatic N) is 4. The number of nitrogens with one attached hydrogen (secondary N) is 2. The van der Waals surface area contributed by atoms with Crippen molar-refractivity contribution in [2.75, 3.05) is 4.72 Å². The number of rotatable bonds is 6. The van der Waals surface area contributed by atoms with Gasteiger partial charge in [-0.25, -0.2) is 14.6 Å². The van der Waals surface area contributed by atoms with Crippen LogP contribution in [0.15, 0.2) is 77.9 Å². The lowest BCUT2D eigenvalue weighted by Gasteiger charge is -2.21. The average molecular weight is 528 g/mol. The lowest BCUT2D eigenvalue weighted by atomic mass is 10.0. The molecule has 0 bridgehead atoms. The first-order valence-electron chi connectivity index (χ1n) is 11.3. The van der Waals surface area contributed by atoms with E-state index < -0.39 is 22.2 Å². The van der Waals surface area contributed by atoms with Crippen LogP contribution in [-0.2, 0) is 10.2 Å². The number of anilines is 1. The number of carbonyl (C=O) groups excluding carboxylic acids is 1. The first kappa shape index (κ1) is 24.7. The van der Waals surface area contributed by atoms with Gasteiger partial charge in [-0.1, -0.05) is 36.3 Å². The molecule has 3 heterocycles. The molecular weight excluding hydrogens is 506 g/mol. The minimum absolute atomic E-state index is 0.112. The highest BCUT2D eigenvalue weighted by atomic mass is 32.2. The van der Waals surface area contributed by atoms with E-state index in [0.717, 1.165) is 0 Å². The van der Waals surface area contributed by atoms with Gasteiger partial charge in [-0.3, -0.25) is 18.9 Å². The number of para-hydroxylation sites is 1. The summed E-state index contributed by atoms with van der Waals surface area (Å²) in [5.74, 6) is 1.60. The third-order valence-electron chi connectivity index (χ3n) is 5.90.